The quantitative estimate of drug-likeness (QED) is 0.923. The van der Waals surface area contributed by atoms with Crippen LogP contribution in [-0.2, 0) is 10.0 Å². The van der Waals surface area contributed by atoms with E-state index in [9.17, 15) is 8.42 Å². The third kappa shape index (κ3) is 2.44. The van der Waals surface area contributed by atoms with Gasteiger partial charge in [-0.3, -0.25) is 9.40 Å². The Morgan fingerprint density at radius 3 is 2.76 bits per heavy atom. The van der Waals surface area contributed by atoms with Gasteiger partial charge in [-0.15, -0.1) is 11.8 Å². The lowest BCUT2D eigenvalue weighted by molar-refractivity contribution is 0.589. The molecule has 7 heteroatoms. The zero-order valence-electron chi connectivity index (χ0n) is 12.0. The van der Waals surface area contributed by atoms with Gasteiger partial charge in [0.2, 0.25) is 0 Å². The third-order valence-electron chi connectivity index (χ3n) is 3.51. The summed E-state index contributed by atoms with van der Waals surface area (Å²) in [5, 5.41) is 6.78. The molecular formula is C14H17N3O2S2. The predicted octanol–water partition coefficient (Wildman–Crippen LogP) is 2.72. The first-order chi connectivity index (χ1) is 10.0. The van der Waals surface area contributed by atoms with Crippen LogP contribution in [0.2, 0.25) is 0 Å². The van der Waals surface area contributed by atoms with Crippen LogP contribution < -0.4 is 4.31 Å². The maximum atomic E-state index is 13.1. The molecule has 21 heavy (non-hydrogen) atoms. The molecule has 0 aliphatic carbocycles. The molecule has 0 fully saturated rings. The highest BCUT2D eigenvalue weighted by atomic mass is 32.2. The molecule has 1 N–H and O–H groups in total. The molecule has 0 atom stereocenters. The predicted molar refractivity (Wildman–Crippen MR) is 84.4 cm³/mol. The monoisotopic (exact) mass is 323 g/mol. The van der Waals surface area contributed by atoms with Gasteiger partial charge in [0.1, 0.15) is 4.90 Å². The second kappa shape index (κ2) is 5.38. The summed E-state index contributed by atoms with van der Waals surface area (Å²) in [5.41, 5.74) is 1.86. The Morgan fingerprint density at radius 2 is 2.05 bits per heavy atom. The number of anilines is 1. The fourth-order valence-corrected chi connectivity index (χ4v) is 5.49. The standard InChI is InChI=1S/C14H17N3O2S2/c1-10-14(11(2)16-15-10)21(18,19)17-8-5-9-20-13-7-4-3-6-12(13)17/h3-4,6-7H,5,8-9H2,1-2H3,(H,15,16). The molecule has 2 heterocycles. The number of para-hydroxylation sites is 1. The van der Waals surface area contributed by atoms with Crippen molar-refractivity contribution in [2.24, 2.45) is 0 Å². The number of aromatic amines is 1. The van der Waals surface area contributed by atoms with E-state index in [-0.39, 0.29) is 0 Å². The fourth-order valence-electron chi connectivity index (χ4n) is 2.58. The van der Waals surface area contributed by atoms with Crippen LogP contribution in [0.25, 0.3) is 0 Å². The van der Waals surface area contributed by atoms with E-state index in [2.05, 4.69) is 10.2 Å². The van der Waals surface area contributed by atoms with Gasteiger partial charge in [0.05, 0.1) is 17.1 Å². The molecule has 112 valence electrons. The maximum absolute atomic E-state index is 13.1. The molecule has 3 rings (SSSR count). The second-order valence-corrected chi connectivity index (χ2v) is 7.95. The highest BCUT2D eigenvalue weighted by molar-refractivity contribution is 7.99. The van der Waals surface area contributed by atoms with Crippen LogP contribution in [0.15, 0.2) is 34.1 Å². The maximum Gasteiger partial charge on any atom is 0.268 e. The summed E-state index contributed by atoms with van der Waals surface area (Å²) in [7, 11) is -3.59. The zero-order chi connectivity index (χ0) is 15.0. The first-order valence-corrected chi connectivity index (χ1v) is 9.20. The molecule has 1 aromatic heterocycles. The van der Waals surface area contributed by atoms with Gasteiger partial charge in [-0.2, -0.15) is 5.10 Å². The number of rotatable bonds is 2. The Hall–Kier alpha value is -1.47. The minimum Gasteiger partial charge on any atom is -0.281 e. The van der Waals surface area contributed by atoms with Crippen LogP contribution in [0.4, 0.5) is 5.69 Å². The van der Waals surface area contributed by atoms with E-state index in [1.807, 2.05) is 24.3 Å². The van der Waals surface area contributed by atoms with Crippen molar-refractivity contribution in [3.63, 3.8) is 0 Å². The van der Waals surface area contributed by atoms with Crippen LogP contribution in [-0.4, -0.2) is 30.9 Å². The average molecular weight is 323 g/mol. The van der Waals surface area contributed by atoms with Crippen molar-refractivity contribution < 1.29 is 8.42 Å². The van der Waals surface area contributed by atoms with E-state index < -0.39 is 10.0 Å². The van der Waals surface area contributed by atoms with Gasteiger partial charge < -0.3 is 0 Å². The van der Waals surface area contributed by atoms with Gasteiger partial charge in [0.15, 0.2) is 0 Å². The molecule has 0 saturated carbocycles. The number of aromatic nitrogens is 2. The summed E-state index contributed by atoms with van der Waals surface area (Å²) < 4.78 is 27.6. The molecule has 1 aliphatic rings. The van der Waals surface area contributed by atoms with Crippen molar-refractivity contribution in [1.82, 2.24) is 10.2 Å². The molecule has 2 aromatic rings. The third-order valence-corrected chi connectivity index (χ3v) is 6.73. The van der Waals surface area contributed by atoms with Gasteiger partial charge in [-0.1, -0.05) is 12.1 Å². The largest absolute Gasteiger partial charge is 0.281 e. The number of thioether (sulfide) groups is 1. The van der Waals surface area contributed by atoms with Crippen LogP contribution in [0.5, 0.6) is 0 Å². The van der Waals surface area contributed by atoms with Crippen LogP contribution in [0.1, 0.15) is 17.8 Å². The SMILES string of the molecule is Cc1n[nH]c(C)c1S(=O)(=O)N1CCCSc2ccccc21. The number of aryl methyl sites for hydroxylation is 2. The van der Waals surface area contributed by atoms with Crippen molar-refractivity contribution in [3.05, 3.63) is 35.7 Å². The van der Waals surface area contributed by atoms with E-state index in [4.69, 9.17) is 0 Å². The average Bonchev–Trinajstić information content (AvgIpc) is 2.68. The number of H-pyrrole nitrogens is 1. The van der Waals surface area contributed by atoms with Crippen molar-refractivity contribution in [3.8, 4) is 0 Å². The molecule has 5 nitrogen and oxygen atoms in total. The molecule has 1 aromatic carbocycles. The summed E-state index contributed by atoms with van der Waals surface area (Å²) >= 11 is 1.71. The first kappa shape index (κ1) is 14.5. The Bertz CT molecular complexity index is 749. The van der Waals surface area contributed by atoms with E-state index in [0.717, 1.165) is 22.8 Å². The second-order valence-electron chi connectivity index (χ2n) is 5.01. The Balaban J connectivity index is 2.16. The number of fused-ring (bicyclic) bond motifs is 1. The number of hydrogen-bond donors (Lipinski definition) is 1. The molecule has 0 radical (unpaired) electrons. The van der Waals surface area contributed by atoms with Gasteiger partial charge >= 0.3 is 0 Å². The molecule has 0 spiro atoms. The van der Waals surface area contributed by atoms with Gasteiger partial charge in [0, 0.05) is 11.4 Å². The molecule has 0 saturated heterocycles. The van der Waals surface area contributed by atoms with E-state index in [1.54, 1.807) is 25.6 Å². The lowest BCUT2D eigenvalue weighted by Gasteiger charge is -2.24. The molecular weight excluding hydrogens is 306 g/mol. The Morgan fingerprint density at radius 1 is 1.29 bits per heavy atom. The normalized spacial score (nSPS) is 15.6. The summed E-state index contributed by atoms with van der Waals surface area (Å²) in [6.45, 7) is 3.95. The van der Waals surface area contributed by atoms with Crippen molar-refractivity contribution in [2.75, 3.05) is 16.6 Å². The minimum atomic E-state index is -3.59. The fraction of sp³-hybridized carbons (Fsp3) is 0.357. The van der Waals surface area contributed by atoms with Crippen molar-refractivity contribution in [1.29, 1.82) is 0 Å². The van der Waals surface area contributed by atoms with Crippen LogP contribution in [0, 0.1) is 13.8 Å². The highest BCUT2D eigenvalue weighted by Gasteiger charge is 2.32. The molecule has 0 unspecified atom stereocenters. The van der Waals surface area contributed by atoms with Gasteiger partial charge in [-0.25, -0.2) is 8.42 Å². The van der Waals surface area contributed by atoms with Crippen LogP contribution in [0.3, 0.4) is 0 Å². The van der Waals surface area contributed by atoms with Crippen molar-refractivity contribution in [2.45, 2.75) is 30.1 Å². The summed E-state index contributed by atoms with van der Waals surface area (Å²) in [6, 6.07) is 7.66. The lowest BCUT2D eigenvalue weighted by Crippen LogP contribution is -2.32. The molecule has 0 bridgehead atoms. The number of nitrogens with one attached hydrogen (secondary N) is 1. The summed E-state index contributed by atoms with van der Waals surface area (Å²) in [5.74, 6) is 0.923. The highest BCUT2D eigenvalue weighted by Crippen LogP contribution is 2.37. The zero-order valence-corrected chi connectivity index (χ0v) is 13.6. The van der Waals surface area contributed by atoms with Crippen LogP contribution >= 0.6 is 11.8 Å². The summed E-state index contributed by atoms with van der Waals surface area (Å²) in [4.78, 5) is 1.31. The number of benzene rings is 1. The lowest BCUT2D eigenvalue weighted by atomic mass is 10.3. The van der Waals surface area contributed by atoms with Gasteiger partial charge in [-0.05, 0) is 38.2 Å². The minimum absolute atomic E-state index is 0.296. The number of sulfonamides is 1. The molecule has 1 aliphatic heterocycles. The first-order valence-electron chi connectivity index (χ1n) is 6.78. The molecule has 0 amide bonds. The number of hydrogen-bond acceptors (Lipinski definition) is 4. The Kier molecular flexibility index (Phi) is 3.71. The Labute approximate surface area is 128 Å². The smallest absolute Gasteiger partial charge is 0.268 e. The summed E-state index contributed by atoms with van der Waals surface area (Å²) in [6.07, 6.45) is 0.828. The van der Waals surface area contributed by atoms with Gasteiger partial charge in [0.25, 0.3) is 10.0 Å². The van der Waals surface area contributed by atoms with E-state index >= 15 is 0 Å². The number of nitrogens with zero attached hydrogens (tertiary/aromatic N) is 2. The van der Waals surface area contributed by atoms with Crippen molar-refractivity contribution >= 4 is 27.5 Å². The van der Waals surface area contributed by atoms with E-state index in [0.29, 0.717) is 22.8 Å². The topological polar surface area (TPSA) is 66.1 Å². The van der Waals surface area contributed by atoms with E-state index in [1.165, 1.54) is 4.31 Å².